The van der Waals surface area contributed by atoms with E-state index in [0.29, 0.717) is 11.8 Å². The third kappa shape index (κ3) is 5.21. The summed E-state index contributed by atoms with van der Waals surface area (Å²) < 4.78 is 0. The lowest BCUT2D eigenvalue weighted by Crippen LogP contribution is -2.06. The van der Waals surface area contributed by atoms with E-state index in [1.54, 1.807) is 0 Å². The second kappa shape index (κ2) is 12.4. The number of nitrogens with two attached hydrogens (primary N) is 2. The van der Waals surface area contributed by atoms with Gasteiger partial charge in [0.15, 0.2) is 0 Å². The highest BCUT2D eigenvalue weighted by atomic mass is 15.1. The van der Waals surface area contributed by atoms with Gasteiger partial charge in [-0.2, -0.15) is 10.2 Å². The molecule has 5 rings (SSSR count). The van der Waals surface area contributed by atoms with Crippen LogP contribution in [0.5, 0.6) is 0 Å². The molecule has 2 unspecified atom stereocenters. The molecule has 4 N–H and O–H groups in total. The fourth-order valence-electron chi connectivity index (χ4n) is 6.86. The first-order valence-electron chi connectivity index (χ1n) is 15.6. The molecule has 0 amide bonds. The van der Waals surface area contributed by atoms with Gasteiger partial charge in [-0.05, 0) is 81.6 Å². The molecule has 4 nitrogen and oxygen atoms in total. The zero-order chi connectivity index (χ0) is 28.2. The molecule has 0 aliphatic heterocycles. The van der Waals surface area contributed by atoms with Crippen LogP contribution in [0, 0.1) is 11.8 Å². The van der Waals surface area contributed by atoms with E-state index in [2.05, 4.69) is 86.4 Å². The highest BCUT2D eigenvalue weighted by Crippen LogP contribution is 2.34. The van der Waals surface area contributed by atoms with E-state index in [9.17, 15) is 0 Å². The first-order chi connectivity index (χ1) is 19.6. The Labute approximate surface area is 238 Å². The van der Waals surface area contributed by atoms with Crippen LogP contribution in [0.3, 0.4) is 0 Å². The summed E-state index contributed by atoms with van der Waals surface area (Å²) in [7, 11) is 0. The van der Waals surface area contributed by atoms with E-state index >= 15 is 0 Å². The van der Waals surface area contributed by atoms with E-state index < -0.39 is 0 Å². The van der Waals surface area contributed by atoms with Crippen molar-refractivity contribution in [2.45, 2.75) is 91.9 Å². The van der Waals surface area contributed by atoms with Gasteiger partial charge in [-0.1, -0.05) is 103 Å². The van der Waals surface area contributed by atoms with Crippen molar-refractivity contribution < 1.29 is 0 Å². The normalized spacial score (nSPS) is 14.8. The molecule has 0 spiro atoms. The molecule has 5 aromatic carbocycles. The average molecular weight is 535 g/mol. The Balaban J connectivity index is 1.63. The summed E-state index contributed by atoms with van der Waals surface area (Å²) in [6, 6.07) is 18.3. The minimum atomic E-state index is 0.716. The molecule has 0 saturated carbocycles. The van der Waals surface area contributed by atoms with Gasteiger partial charge in [-0.25, -0.2) is 0 Å². The van der Waals surface area contributed by atoms with Crippen LogP contribution >= 0.6 is 0 Å². The van der Waals surface area contributed by atoms with E-state index in [1.165, 1.54) is 84.0 Å². The lowest BCUT2D eigenvalue weighted by atomic mass is 9.91. The quantitative estimate of drug-likeness (QED) is 0.125. The molecule has 0 radical (unpaired) electrons. The topological polar surface area (TPSA) is 76.8 Å². The van der Waals surface area contributed by atoms with E-state index in [0.717, 1.165) is 45.1 Å². The van der Waals surface area contributed by atoms with E-state index in [1.807, 2.05) is 0 Å². The van der Waals surface area contributed by atoms with Gasteiger partial charge < -0.3 is 11.7 Å². The second-order valence-electron chi connectivity index (χ2n) is 11.9. The molecule has 0 fully saturated rings. The van der Waals surface area contributed by atoms with Crippen LogP contribution in [-0.4, -0.2) is 0 Å². The third-order valence-electron chi connectivity index (χ3n) is 9.32. The van der Waals surface area contributed by atoms with E-state index in [4.69, 9.17) is 11.7 Å². The largest absolute Gasteiger partial charge is 0.323 e. The molecular formula is C36H46N4. The maximum absolute atomic E-state index is 6.06. The maximum Gasteiger partial charge on any atom is 0.0984 e. The summed E-state index contributed by atoms with van der Waals surface area (Å²) in [4.78, 5) is 0. The Morgan fingerprint density at radius 2 is 0.925 bits per heavy atom. The lowest BCUT2D eigenvalue weighted by Gasteiger charge is -2.14. The zero-order valence-electron chi connectivity index (χ0n) is 24.9. The highest BCUT2D eigenvalue weighted by Gasteiger charge is 2.17. The lowest BCUT2D eigenvalue weighted by molar-refractivity contribution is 0.449. The molecular weight excluding hydrogens is 488 g/mol. The molecule has 0 bridgehead atoms. The zero-order valence-corrected chi connectivity index (χ0v) is 24.9. The summed E-state index contributed by atoms with van der Waals surface area (Å²) in [6.45, 7) is 9.16. The standard InChI is InChI=1S/C36H46N4/c1-5-9-11-23(7-3)17-25-13-15-27-29-21-34-30(22-33(29)35(39-37)31(27)19-25)28-16-14-26(20-32(28)36(34)40-38)18-24(8-4)12-10-6-2/h13-16,19-24H,5-12,17-18,37-38H2,1-4H3/b39-35-,40-36-. The summed E-state index contributed by atoms with van der Waals surface area (Å²) in [5.74, 6) is 13.5. The molecule has 210 valence electrons. The Morgan fingerprint density at radius 1 is 0.525 bits per heavy atom. The number of unbranched alkanes of at least 4 members (excludes halogenated alkanes) is 2. The van der Waals surface area contributed by atoms with Crippen LogP contribution < -0.4 is 22.4 Å². The monoisotopic (exact) mass is 534 g/mol. The summed E-state index contributed by atoms with van der Waals surface area (Å²) >= 11 is 0. The van der Waals surface area contributed by atoms with Crippen molar-refractivity contribution in [1.29, 1.82) is 0 Å². The molecule has 40 heavy (non-hydrogen) atoms. The minimum absolute atomic E-state index is 0.716. The number of fused-ring (bicyclic) bond motifs is 6. The number of nitrogens with zero attached hydrogens (tertiary/aromatic N) is 2. The number of hydrogen-bond donors (Lipinski definition) is 2. The van der Waals surface area contributed by atoms with Crippen molar-refractivity contribution in [2.75, 3.05) is 0 Å². The summed E-state index contributed by atoms with van der Waals surface area (Å²) in [5.41, 5.74) is 2.74. The number of benzene rings is 3. The molecule has 2 atom stereocenters. The van der Waals surface area contributed by atoms with Gasteiger partial charge in [0.1, 0.15) is 0 Å². The summed E-state index contributed by atoms with van der Waals surface area (Å²) in [5, 5.41) is 19.6. The van der Waals surface area contributed by atoms with Gasteiger partial charge in [-0.15, -0.1) is 0 Å². The van der Waals surface area contributed by atoms with Crippen molar-refractivity contribution in [3.8, 4) is 0 Å². The maximum atomic E-state index is 6.06. The van der Waals surface area contributed by atoms with Crippen molar-refractivity contribution in [2.24, 2.45) is 33.7 Å². The number of hydrogen-bond acceptors (Lipinski definition) is 4. The van der Waals surface area contributed by atoms with Crippen molar-refractivity contribution >= 4 is 43.1 Å². The molecule has 5 aromatic rings. The fraction of sp³-hybridized carbons (Fsp3) is 0.444. The van der Waals surface area contributed by atoms with Crippen LogP contribution in [-0.2, 0) is 12.8 Å². The summed E-state index contributed by atoms with van der Waals surface area (Å²) in [6.07, 6.45) is 12.3. The molecule has 0 aliphatic carbocycles. The van der Waals surface area contributed by atoms with Gasteiger partial charge in [0.2, 0.25) is 0 Å². The van der Waals surface area contributed by atoms with Crippen LogP contribution in [0.4, 0.5) is 0 Å². The van der Waals surface area contributed by atoms with E-state index in [-0.39, 0.29) is 0 Å². The highest BCUT2D eigenvalue weighted by molar-refractivity contribution is 6.21. The van der Waals surface area contributed by atoms with Gasteiger partial charge in [0.05, 0.1) is 10.7 Å². The van der Waals surface area contributed by atoms with Gasteiger partial charge >= 0.3 is 0 Å². The first-order valence-corrected chi connectivity index (χ1v) is 15.6. The predicted molar refractivity (Wildman–Crippen MR) is 172 cm³/mol. The average Bonchev–Trinajstić information content (AvgIpc) is 3.46. The van der Waals surface area contributed by atoms with Crippen molar-refractivity contribution in [3.05, 3.63) is 70.4 Å². The molecule has 0 aliphatic rings. The molecule has 0 heterocycles. The van der Waals surface area contributed by atoms with Crippen LogP contribution in [0.25, 0.3) is 43.1 Å². The Kier molecular flexibility index (Phi) is 8.73. The van der Waals surface area contributed by atoms with Gasteiger partial charge in [0.25, 0.3) is 0 Å². The van der Waals surface area contributed by atoms with Crippen molar-refractivity contribution in [1.82, 2.24) is 0 Å². The van der Waals surface area contributed by atoms with Gasteiger partial charge in [0, 0.05) is 21.5 Å². The van der Waals surface area contributed by atoms with Crippen LogP contribution in [0.15, 0.2) is 58.7 Å². The molecule has 4 heteroatoms. The Morgan fingerprint density at radius 3 is 1.27 bits per heavy atom. The van der Waals surface area contributed by atoms with Crippen LogP contribution in [0.1, 0.15) is 90.2 Å². The Hall–Kier alpha value is -3.40. The molecule has 0 aromatic heterocycles. The SMILES string of the molecule is CCCCC(CC)Cc1ccc2c(c1)/c(=N/N)c1cc3c(cc12)/c(=N\N)c1cc(CC(CC)CCCC)ccc13. The van der Waals surface area contributed by atoms with Crippen molar-refractivity contribution in [3.63, 3.8) is 0 Å². The first kappa shape index (κ1) is 28.1. The predicted octanol–water partition coefficient (Wildman–Crippen LogP) is 8.24. The smallest absolute Gasteiger partial charge is 0.0984 e. The van der Waals surface area contributed by atoms with Gasteiger partial charge in [-0.3, -0.25) is 0 Å². The third-order valence-corrected chi connectivity index (χ3v) is 9.32. The number of rotatable bonds is 12. The van der Waals surface area contributed by atoms with Crippen LogP contribution in [0.2, 0.25) is 0 Å². The fourth-order valence-corrected chi connectivity index (χ4v) is 6.86. The molecule has 0 saturated heterocycles. The minimum Gasteiger partial charge on any atom is -0.323 e. The second-order valence-corrected chi connectivity index (χ2v) is 11.9. The Bertz CT molecular complexity index is 1610.